The van der Waals surface area contributed by atoms with Crippen molar-refractivity contribution in [2.75, 3.05) is 13.2 Å². The van der Waals surface area contributed by atoms with Crippen LogP contribution < -0.4 is 5.73 Å². The quantitative estimate of drug-likeness (QED) is 0.867. The Kier molecular flexibility index (Phi) is 2.64. The van der Waals surface area contributed by atoms with E-state index in [1.165, 1.54) is 5.56 Å². The van der Waals surface area contributed by atoms with Crippen molar-refractivity contribution >= 4 is 15.9 Å². The average molecular weight is 256 g/mol. The molecule has 2 rings (SSSR count). The van der Waals surface area contributed by atoms with E-state index in [2.05, 4.69) is 22.0 Å². The fraction of sp³-hybridized carbons (Fsp3) is 0.455. The van der Waals surface area contributed by atoms with Crippen LogP contribution in [0.2, 0.25) is 0 Å². The molecule has 0 saturated heterocycles. The van der Waals surface area contributed by atoms with Crippen LogP contribution in [0.3, 0.4) is 0 Å². The average Bonchev–Trinajstić information content (AvgIpc) is 2.94. The first kappa shape index (κ1) is 10.1. The van der Waals surface area contributed by atoms with E-state index in [4.69, 9.17) is 5.73 Å². The summed E-state index contributed by atoms with van der Waals surface area (Å²) in [5, 5.41) is 9.28. The fourth-order valence-corrected chi connectivity index (χ4v) is 2.57. The van der Waals surface area contributed by atoms with E-state index in [1.807, 2.05) is 18.2 Å². The molecule has 1 aromatic rings. The highest BCUT2D eigenvalue weighted by Gasteiger charge is 2.53. The molecule has 2 nitrogen and oxygen atoms in total. The second-order valence-corrected chi connectivity index (χ2v) is 4.86. The number of rotatable bonds is 3. The third-order valence-corrected chi connectivity index (χ3v) is 3.91. The molecule has 1 aliphatic carbocycles. The highest BCUT2D eigenvalue weighted by Crippen LogP contribution is 2.59. The molecule has 0 amide bonds. The van der Waals surface area contributed by atoms with Gasteiger partial charge in [0.15, 0.2) is 0 Å². The predicted octanol–water partition coefficient (Wildman–Crippen LogP) is 1.87. The van der Waals surface area contributed by atoms with Gasteiger partial charge < -0.3 is 10.8 Å². The predicted molar refractivity (Wildman–Crippen MR) is 60.1 cm³/mol. The summed E-state index contributed by atoms with van der Waals surface area (Å²) < 4.78 is 1.12. The van der Waals surface area contributed by atoms with Gasteiger partial charge in [0, 0.05) is 16.4 Å². The van der Waals surface area contributed by atoms with Gasteiger partial charge in [-0.05, 0) is 24.0 Å². The molecule has 1 aromatic carbocycles. The molecular formula is C11H14BrNO. The molecule has 0 heterocycles. The summed E-state index contributed by atoms with van der Waals surface area (Å²) in [6.07, 6.45) is 1.00. The third kappa shape index (κ3) is 1.49. The third-order valence-electron chi connectivity index (χ3n) is 3.19. The molecule has 2 unspecified atom stereocenters. The molecule has 1 saturated carbocycles. The van der Waals surface area contributed by atoms with Crippen LogP contribution in [0, 0.1) is 5.41 Å². The Balaban J connectivity index is 2.24. The van der Waals surface area contributed by atoms with Crippen molar-refractivity contribution in [3.63, 3.8) is 0 Å². The van der Waals surface area contributed by atoms with Crippen molar-refractivity contribution < 1.29 is 5.11 Å². The van der Waals surface area contributed by atoms with E-state index in [0.29, 0.717) is 12.5 Å². The maximum absolute atomic E-state index is 9.28. The molecule has 1 aliphatic rings. The molecule has 0 spiro atoms. The van der Waals surface area contributed by atoms with Crippen molar-refractivity contribution in [3.8, 4) is 0 Å². The van der Waals surface area contributed by atoms with Gasteiger partial charge in [0.25, 0.3) is 0 Å². The maximum Gasteiger partial charge on any atom is 0.0505 e. The number of halogens is 1. The van der Waals surface area contributed by atoms with E-state index in [1.54, 1.807) is 0 Å². The highest BCUT2D eigenvalue weighted by atomic mass is 79.9. The first-order valence-corrected chi connectivity index (χ1v) is 5.58. The van der Waals surface area contributed by atoms with Crippen LogP contribution in [0.5, 0.6) is 0 Å². The normalized spacial score (nSPS) is 30.4. The minimum Gasteiger partial charge on any atom is -0.396 e. The molecule has 2 atom stereocenters. The minimum absolute atomic E-state index is 0.0517. The zero-order valence-electron chi connectivity index (χ0n) is 7.91. The topological polar surface area (TPSA) is 46.2 Å². The van der Waals surface area contributed by atoms with Crippen LogP contribution in [0.15, 0.2) is 28.7 Å². The van der Waals surface area contributed by atoms with Crippen molar-refractivity contribution in [2.24, 2.45) is 11.1 Å². The lowest BCUT2D eigenvalue weighted by Crippen LogP contribution is -2.21. The van der Waals surface area contributed by atoms with Gasteiger partial charge in [-0.25, -0.2) is 0 Å². The van der Waals surface area contributed by atoms with Gasteiger partial charge in [-0.1, -0.05) is 34.1 Å². The number of aliphatic hydroxyl groups is 1. The molecule has 14 heavy (non-hydrogen) atoms. The van der Waals surface area contributed by atoms with E-state index < -0.39 is 0 Å². The Morgan fingerprint density at radius 1 is 1.50 bits per heavy atom. The van der Waals surface area contributed by atoms with Crippen LogP contribution in [0.1, 0.15) is 17.9 Å². The highest BCUT2D eigenvalue weighted by molar-refractivity contribution is 9.10. The van der Waals surface area contributed by atoms with Gasteiger partial charge in [0.05, 0.1) is 6.61 Å². The van der Waals surface area contributed by atoms with Gasteiger partial charge in [0.2, 0.25) is 0 Å². The van der Waals surface area contributed by atoms with E-state index >= 15 is 0 Å². The molecule has 0 bridgehead atoms. The van der Waals surface area contributed by atoms with E-state index in [0.717, 1.165) is 10.9 Å². The molecule has 76 valence electrons. The summed E-state index contributed by atoms with van der Waals surface area (Å²) in [4.78, 5) is 0. The molecule has 0 radical (unpaired) electrons. The second kappa shape index (κ2) is 3.65. The first-order chi connectivity index (χ1) is 6.73. The van der Waals surface area contributed by atoms with Crippen molar-refractivity contribution in [1.82, 2.24) is 0 Å². The van der Waals surface area contributed by atoms with Crippen molar-refractivity contribution in [2.45, 2.75) is 12.3 Å². The summed E-state index contributed by atoms with van der Waals surface area (Å²) in [6.45, 7) is 0.755. The summed E-state index contributed by atoms with van der Waals surface area (Å²) in [6, 6.07) is 8.16. The molecular weight excluding hydrogens is 242 g/mol. The lowest BCUT2D eigenvalue weighted by Gasteiger charge is -2.11. The van der Waals surface area contributed by atoms with E-state index in [9.17, 15) is 5.11 Å². The summed E-state index contributed by atoms with van der Waals surface area (Å²) >= 11 is 3.52. The van der Waals surface area contributed by atoms with Crippen LogP contribution in [0.4, 0.5) is 0 Å². The lowest BCUT2D eigenvalue weighted by molar-refractivity contribution is 0.211. The number of hydrogen-bond acceptors (Lipinski definition) is 2. The molecule has 0 aromatic heterocycles. The summed E-state index contributed by atoms with van der Waals surface area (Å²) in [5.41, 5.74) is 6.90. The zero-order chi connectivity index (χ0) is 10.2. The number of aliphatic hydroxyl groups excluding tert-OH is 1. The summed E-state index contributed by atoms with van der Waals surface area (Å²) in [5.74, 6) is 0.424. The lowest BCUT2D eigenvalue weighted by atomic mass is 10.0. The Labute approximate surface area is 92.3 Å². The van der Waals surface area contributed by atoms with Crippen LogP contribution in [0.25, 0.3) is 0 Å². The smallest absolute Gasteiger partial charge is 0.0505 e. The number of benzene rings is 1. The molecule has 3 N–H and O–H groups in total. The molecule has 0 aliphatic heterocycles. The maximum atomic E-state index is 9.28. The molecule has 3 heteroatoms. The Hall–Kier alpha value is -0.380. The number of hydrogen-bond donors (Lipinski definition) is 2. The van der Waals surface area contributed by atoms with E-state index in [-0.39, 0.29) is 12.0 Å². The van der Waals surface area contributed by atoms with Crippen molar-refractivity contribution in [1.29, 1.82) is 0 Å². The van der Waals surface area contributed by atoms with Crippen LogP contribution in [-0.2, 0) is 0 Å². The Bertz CT molecular complexity index is 336. The van der Waals surface area contributed by atoms with Gasteiger partial charge in [-0.2, -0.15) is 0 Å². The Morgan fingerprint density at radius 2 is 2.21 bits per heavy atom. The first-order valence-electron chi connectivity index (χ1n) is 4.79. The fourth-order valence-electron chi connectivity index (χ4n) is 2.01. The van der Waals surface area contributed by atoms with Crippen LogP contribution in [-0.4, -0.2) is 18.3 Å². The monoisotopic (exact) mass is 255 g/mol. The van der Waals surface area contributed by atoms with Gasteiger partial charge in [-0.3, -0.25) is 0 Å². The zero-order valence-corrected chi connectivity index (χ0v) is 9.50. The van der Waals surface area contributed by atoms with Gasteiger partial charge in [-0.15, -0.1) is 0 Å². The van der Waals surface area contributed by atoms with Gasteiger partial charge >= 0.3 is 0 Å². The Morgan fingerprint density at radius 3 is 2.71 bits per heavy atom. The van der Waals surface area contributed by atoms with Gasteiger partial charge in [0.1, 0.15) is 0 Å². The van der Waals surface area contributed by atoms with Crippen molar-refractivity contribution in [3.05, 3.63) is 34.3 Å². The standard InChI is InChI=1S/C11H14BrNO/c12-10-4-2-1-3-8(10)9-5-11(9,6-13)7-14/h1-4,9,14H,5-7,13H2. The number of nitrogens with two attached hydrogens (primary N) is 1. The summed E-state index contributed by atoms with van der Waals surface area (Å²) in [7, 11) is 0. The largest absolute Gasteiger partial charge is 0.396 e. The SMILES string of the molecule is NCC1(CO)CC1c1ccccc1Br. The molecule has 1 fully saturated rings. The minimum atomic E-state index is -0.0517. The second-order valence-electron chi connectivity index (χ2n) is 4.00. The van der Waals surface area contributed by atoms with Crippen LogP contribution >= 0.6 is 15.9 Å².